The summed E-state index contributed by atoms with van der Waals surface area (Å²) >= 11 is 1.31. The smallest absolute Gasteiger partial charge is 0.332 e. The van der Waals surface area contributed by atoms with E-state index in [1.54, 1.807) is 19.1 Å². The van der Waals surface area contributed by atoms with Crippen LogP contribution in [0.5, 0.6) is 5.75 Å². The zero-order valence-corrected chi connectivity index (χ0v) is 10.6. The Morgan fingerprint density at radius 3 is 2.78 bits per heavy atom. The minimum absolute atomic E-state index is 0.00226. The number of nitrogens with zero attached hydrogens (tertiary/aromatic N) is 1. The van der Waals surface area contributed by atoms with Crippen LogP contribution in [0.2, 0.25) is 0 Å². The average molecular weight is 267 g/mol. The van der Waals surface area contributed by atoms with Crippen LogP contribution in [0.4, 0.5) is 0 Å². The SMILES string of the molecule is C[C@]1(C(=O)O)CSC(c2ccc(CO)cc2O)=N1. The van der Waals surface area contributed by atoms with Crippen molar-refractivity contribution in [1.29, 1.82) is 0 Å². The van der Waals surface area contributed by atoms with E-state index in [0.29, 0.717) is 21.9 Å². The first kappa shape index (κ1) is 12.9. The Labute approximate surface area is 108 Å². The number of thioether (sulfide) groups is 1. The van der Waals surface area contributed by atoms with Crippen molar-refractivity contribution in [2.24, 2.45) is 4.99 Å². The molecule has 6 heteroatoms. The second kappa shape index (κ2) is 4.62. The number of aliphatic hydroxyl groups is 1. The van der Waals surface area contributed by atoms with E-state index in [-0.39, 0.29) is 12.4 Å². The number of carboxylic acids is 1. The van der Waals surface area contributed by atoms with Gasteiger partial charge in [0.1, 0.15) is 10.8 Å². The largest absolute Gasteiger partial charge is 0.507 e. The summed E-state index contributed by atoms with van der Waals surface area (Å²) in [6, 6.07) is 4.77. The molecule has 0 aliphatic carbocycles. The highest BCUT2D eigenvalue weighted by molar-refractivity contribution is 8.14. The molecule has 1 aromatic rings. The number of rotatable bonds is 3. The zero-order valence-electron chi connectivity index (χ0n) is 9.75. The molecule has 96 valence electrons. The van der Waals surface area contributed by atoms with Gasteiger partial charge in [0.15, 0.2) is 5.54 Å². The van der Waals surface area contributed by atoms with E-state index in [2.05, 4.69) is 4.99 Å². The summed E-state index contributed by atoms with van der Waals surface area (Å²) < 4.78 is 0. The summed E-state index contributed by atoms with van der Waals surface area (Å²) in [6.07, 6.45) is 0. The van der Waals surface area contributed by atoms with Crippen molar-refractivity contribution in [3.05, 3.63) is 29.3 Å². The van der Waals surface area contributed by atoms with Crippen LogP contribution in [0.1, 0.15) is 18.1 Å². The monoisotopic (exact) mass is 267 g/mol. The van der Waals surface area contributed by atoms with Crippen LogP contribution in [0.3, 0.4) is 0 Å². The first-order chi connectivity index (χ1) is 8.46. The quantitative estimate of drug-likeness (QED) is 0.766. The Kier molecular flexibility index (Phi) is 3.32. The lowest BCUT2D eigenvalue weighted by Crippen LogP contribution is -2.33. The lowest BCUT2D eigenvalue weighted by molar-refractivity contribution is -0.141. The van der Waals surface area contributed by atoms with E-state index in [1.165, 1.54) is 17.8 Å². The molecule has 0 spiro atoms. The lowest BCUT2D eigenvalue weighted by atomic mass is 10.1. The number of carboxylic acid groups (broad SMARTS) is 1. The predicted molar refractivity (Wildman–Crippen MR) is 69.1 cm³/mol. The molecule has 3 N–H and O–H groups in total. The van der Waals surface area contributed by atoms with Gasteiger partial charge in [0, 0.05) is 11.3 Å². The van der Waals surface area contributed by atoms with Gasteiger partial charge in [0.05, 0.1) is 6.61 Å². The van der Waals surface area contributed by atoms with Gasteiger partial charge in [-0.3, -0.25) is 4.99 Å². The molecule has 2 rings (SSSR count). The summed E-state index contributed by atoms with van der Waals surface area (Å²) in [6.45, 7) is 1.40. The molecule has 5 nitrogen and oxygen atoms in total. The third kappa shape index (κ3) is 2.21. The lowest BCUT2D eigenvalue weighted by Gasteiger charge is -2.11. The highest BCUT2D eigenvalue weighted by atomic mass is 32.2. The number of carbonyl (C=O) groups is 1. The first-order valence-corrected chi connectivity index (χ1v) is 6.34. The van der Waals surface area contributed by atoms with E-state index < -0.39 is 11.5 Å². The average Bonchev–Trinajstić information content (AvgIpc) is 2.73. The number of aliphatic carboxylic acids is 1. The molecule has 0 radical (unpaired) electrons. The van der Waals surface area contributed by atoms with Gasteiger partial charge in [-0.05, 0) is 24.6 Å². The standard InChI is InChI=1S/C12H13NO4S/c1-12(11(16)17)6-18-10(13-12)8-3-2-7(5-14)4-9(8)15/h2-4,14-15H,5-6H2,1H3,(H,16,17)/t12-/m1/s1. The summed E-state index contributed by atoms with van der Waals surface area (Å²) in [4.78, 5) is 15.2. The third-order valence-corrected chi connectivity index (χ3v) is 4.07. The summed E-state index contributed by atoms with van der Waals surface area (Å²) in [5, 5.41) is 28.4. The number of hydrogen-bond donors (Lipinski definition) is 3. The van der Waals surface area contributed by atoms with Crippen LogP contribution in [0, 0.1) is 0 Å². The van der Waals surface area contributed by atoms with Crippen molar-refractivity contribution >= 4 is 22.8 Å². The molecule has 0 fully saturated rings. The van der Waals surface area contributed by atoms with Crippen LogP contribution in [-0.2, 0) is 11.4 Å². The van der Waals surface area contributed by atoms with E-state index >= 15 is 0 Å². The molecule has 0 unspecified atom stereocenters. The summed E-state index contributed by atoms with van der Waals surface area (Å²) in [5.41, 5.74) is -0.0368. The Bertz CT molecular complexity index is 529. The molecule has 1 atom stereocenters. The Hall–Kier alpha value is -1.53. The van der Waals surface area contributed by atoms with Gasteiger partial charge in [-0.25, -0.2) is 4.79 Å². The molecule has 0 saturated carbocycles. The molecule has 1 heterocycles. The van der Waals surface area contributed by atoms with Gasteiger partial charge in [-0.15, -0.1) is 11.8 Å². The Balaban J connectivity index is 2.37. The molecule has 1 aliphatic heterocycles. The van der Waals surface area contributed by atoms with Gasteiger partial charge in [-0.2, -0.15) is 0 Å². The van der Waals surface area contributed by atoms with Gasteiger partial charge >= 0.3 is 5.97 Å². The van der Waals surface area contributed by atoms with Gasteiger partial charge < -0.3 is 15.3 Å². The van der Waals surface area contributed by atoms with Crippen LogP contribution >= 0.6 is 11.8 Å². The fraction of sp³-hybridized carbons (Fsp3) is 0.333. The molecule has 0 amide bonds. The van der Waals surface area contributed by atoms with E-state index in [0.717, 1.165) is 0 Å². The van der Waals surface area contributed by atoms with Crippen molar-refractivity contribution in [3.63, 3.8) is 0 Å². The minimum Gasteiger partial charge on any atom is -0.507 e. The molecule has 0 aromatic heterocycles. The number of phenols is 1. The number of aliphatic hydroxyl groups excluding tert-OH is 1. The zero-order chi connectivity index (χ0) is 13.3. The number of aromatic hydroxyl groups is 1. The number of hydrogen-bond acceptors (Lipinski definition) is 5. The van der Waals surface area contributed by atoms with Gasteiger partial charge in [0.25, 0.3) is 0 Å². The van der Waals surface area contributed by atoms with E-state index in [9.17, 15) is 9.90 Å². The summed E-state index contributed by atoms with van der Waals surface area (Å²) in [7, 11) is 0. The highest BCUT2D eigenvalue weighted by Gasteiger charge is 2.38. The van der Waals surface area contributed by atoms with Crippen molar-refractivity contribution in [1.82, 2.24) is 0 Å². The van der Waals surface area contributed by atoms with Crippen molar-refractivity contribution in [2.75, 3.05) is 5.75 Å². The van der Waals surface area contributed by atoms with E-state index in [1.807, 2.05) is 0 Å². The summed E-state index contributed by atoms with van der Waals surface area (Å²) in [5.74, 6) is -0.627. The number of aliphatic imine (C=N–C) groups is 1. The molecule has 1 aromatic carbocycles. The fourth-order valence-corrected chi connectivity index (χ4v) is 2.80. The third-order valence-electron chi connectivity index (χ3n) is 2.77. The van der Waals surface area contributed by atoms with Crippen molar-refractivity contribution < 1.29 is 20.1 Å². The second-order valence-corrected chi connectivity index (χ2v) is 5.26. The first-order valence-electron chi connectivity index (χ1n) is 5.35. The van der Waals surface area contributed by atoms with Crippen molar-refractivity contribution in [2.45, 2.75) is 19.1 Å². The molecule has 0 bridgehead atoms. The van der Waals surface area contributed by atoms with Gasteiger partial charge in [-0.1, -0.05) is 6.07 Å². The van der Waals surface area contributed by atoms with Crippen LogP contribution in [-0.4, -0.2) is 37.6 Å². The maximum atomic E-state index is 11.1. The molecule has 0 saturated heterocycles. The van der Waals surface area contributed by atoms with Crippen LogP contribution < -0.4 is 0 Å². The maximum absolute atomic E-state index is 11.1. The topological polar surface area (TPSA) is 90.1 Å². The molecule has 18 heavy (non-hydrogen) atoms. The van der Waals surface area contributed by atoms with Gasteiger partial charge in [0.2, 0.25) is 0 Å². The Morgan fingerprint density at radius 1 is 1.56 bits per heavy atom. The number of phenolic OH excluding ortho intramolecular Hbond substituents is 1. The minimum atomic E-state index is -1.14. The Morgan fingerprint density at radius 2 is 2.28 bits per heavy atom. The van der Waals surface area contributed by atoms with Crippen LogP contribution in [0.25, 0.3) is 0 Å². The fourth-order valence-electron chi connectivity index (χ4n) is 1.60. The molecular formula is C12H13NO4S. The molecular weight excluding hydrogens is 254 g/mol. The number of benzene rings is 1. The highest BCUT2D eigenvalue weighted by Crippen LogP contribution is 2.34. The maximum Gasteiger partial charge on any atom is 0.332 e. The predicted octanol–water partition coefficient (Wildman–Crippen LogP) is 1.22. The second-order valence-electron chi connectivity index (χ2n) is 4.29. The van der Waals surface area contributed by atoms with Crippen molar-refractivity contribution in [3.8, 4) is 5.75 Å². The van der Waals surface area contributed by atoms with Crippen LogP contribution in [0.15, 0.2) is 23.2 Å². The normalized spacial score (nSPS) is 22.9. The van der Waals surface area contributed by atoms with E-state index in [4.69, 9.17) is 10.2 Å². The molecule has 1 aliphatic rings.